The molecular weight excluding hydrogens is 234 g/mol. The molecule has 17 heavy (non-hydrogen) atoms. The summed E-state index contributed by atoms with van der Waals surface area (Å²) in [5, 5.41) is 8.42. The van der Waals surface area contributed by atoms with E-state index in [0.717, 1.165) is 11.1 Å². The van der Waals surface area contributed by atoms with Gasteiger partial charge in [0.1, 0.15) is 0 Å². The molecule has 0 heterocycles. The minimum atomic E-state index is -3.09. The standard InChI is InChI=1S/C13H17NO2S/c1-4-11(3)17(15,16)9-13-6-5-12(8-14)7-10(13)2/h5-7,11H,4,9H2,1-3H3. The minimum absolute atomic E-state index is 0.0551. The Morgan fingerprint density at radius 2 is 2.06 bits per heavy atom. The summed E-state index contributed by atoms with van der Waals surface area (Å²) in [5.74, 6) is 0.0551. The maximum absolute atomic E-state index is 12.0. The van der Waals surface area contributed by atoms with Crippen LogP contribution in [0.1, 0.15) is 37.0 Å². The lowest BCUT2D eigenvalue weighted by atomic mass is 10.1. The van der Waals surface area contributed by atoms with Gasteiger partial charge in [-0.3, -0.25) is 0 Å². The van der Waals surface area contributed by atoms with Gasteiger partial charge >= 0.3 is 0 Å². The predicted octanol–water partition coefficient (Wildman–Crippen LogP) is 2.58. The Labute approximate surface area is 103 Å². The third-order valence-electron chi connectivity index (χ3n) is 3.02. The highest BCUT2D eigenvalue weighted by molar-refractivity contribution is 7.91. The summed E-state index contributed by atoms with van der Waals surface area (Å²) in [6, 6.07) is 7.16. The van der Waals surface area contributed by atoms with E-state index in [1.807, 2.05) is 19.9 Å². The number of aryl methyl sites for hydroxylation is 1. The SMILES string of the molecule is CCC(C)S(=O)(=O)Cc1ccc(C#N)cc1C. The van der Waals surface area contributed by atoms with Gasteiger partial charge in [-0.1, -0.05) is 13.0 Å². The van der Waals surface area contributed by atoms with Gasteiger partial charge in [0.2, 0.25) is 0 Å². The summed E-state index contributed by atoms with van der Waals surface area (Å²) in [4.78, 5) is 0. The van der Waals surface area contributed by atoms with E-state index in [0.29, 0.717) is 12.0 Å². The largest absolute Gasteiger partial charge is 0.228 e. The quantitative estimate of drug-likeness (QED) is 0.826. The number of sulfone groups is 1. The van der Waals surface area contributed by atoms with Gasteiger partial charge in [-0.05, 0) is 43.5 Å². The first-order valence-corrected chi connectivity index (χ1v) is 7.33. The van der Waals surface area contributed by atoms with Crippen molar-refractivity contribution < 1.29 is 8.42 Å². The van der Waals surface area contributed by atoms with Crippen molar-refractivity contribution in [3.63, 3.8) is 0 Å². The second kappa shape index (κ2) is 5.33. The fraction of sp³-hybridized carbons (Fsp3) is 0.462. The zero-order valence-corrected chi connectivity index (χ0v) is 11.2. The van der Waals surface area contributed by atoms with Crippen molar-refractivity contribution in [1.29, 1.82) is 5.26 Å². The molecule has 1 aromatic carbocycles. The highest BCUT2D eigenvalue weighted by atomic mass is 32.2. The number of nitriles is 1. The molecule has 0 bridgehead atoms. The third kappa shape index (κ3) is 3.31. The Morgan fingerprint density at radius 1 is 1.41 bits per heavy atom. The van der Waals surface area contributed by atoms with Crippen LogP contribution in [0.3, 0.4) is 0 Å². The zero-order chi connectivity index (χ0) is 13.1. The van der Waals surface area contributed by atoms with Crippen molar-refractivity contribution >= 4 is 9.84 Å². The molecule has 92 valence electrons. The normalized spacial score (nSPS) is 13.1. The van der Waals surface area contributed by atoms with E-state index >= 15 is 0 Å². The van der Waals surface area contributed by atoms with Gasteiger partial charge < -0.3 is 0 Å². The lowest BCUT2D eigenvalue weighted by Gasteiger charge is -2.12. The predicted molar refractivity (Wildman–Crippen MR) is 68.3 cm³/mol. The van der Waals surface area contributed by atoms with Crippen molar-refractivity contribution in [2.45, 2.75) is 38.2 Å². The average Bonchev–Trinajstić information content (AvgIpc) is 2.30. The van der Waals surface area contributed by atoms with Crippen LogP contribution in [0.2, 0.25) is 0 Å². The smallest absolute Gasteiger partial charge is 0.157 e. The Hall–Kier alpha value is -1.34. The van der Waals surface area contributed by atoms with E-state index in [-0.39, 0.29) is 11.0 Å². The van der Waals surface area contributed by atoms with Crippen LogP contribution < -0.4 is 0 Å². The second-order valence-corrected chi connectivity index (χ2v) is 6.70. The summed E-state index contributed by atoms with van der Waals surface area (Å²) < 4.78 is 23.9. The molecule has 0 spiro atoms. The molecule has 0 saturated heterocycles. The third-order valence-corrected chi connectivity index (χ3v) is 5.29. The maximum Gasteiger partial charge on any atom is 0.157 e. The van der Waals surface area contributed by atoms with E-state index in [1.165, 1.54) is 0 Å². The molecule has 1 unspecified atom stereocenters. The molecule has 0 aliphatic rings. The molecule has 0 fully saturated rings. The molecular formula is C13H17NO2S. The van der Waals surface area contributed by atoms with Crippen LogP contribution in [0.5, 0.6) is 0 Å². The summed E-state index contributed by atoms with van der Waals surface area (Å²) in [5.41, 5.74) is 2.20. The lowest BCUT2D eigenvalue weighted by Crippen LogP contribution is -2.19. The number of nitrogens with zero attached hydrogens (tertiary/aromatic N) is 1. The average molecular weight is 251 g/mol. The van der Waals surface area contributed by atoms with E-state index in [2.05, 4.69) is 0 Å². The lowest BCUT2D eigenvalue weighted by molar-refractivity contribution is 0.580. The molecule has 1 rings (SSSR count). The molecule has 1 atom stereocenters. The molecule has 0 amide bonds. The van der Waals surface area contributed by atoms with Crippen LogP contribution in [0.15, 0.2) is 18.2 Å². The number of hydrogen-bond acceptors (Lipinski definition) is 3. The first-order valence-electron chi connectivity index (χ1n) is 5.62. The number of rotatable bonds is 4. The summed E-state index contributed by atoms with van der Waals surface area (Å²) in [6.07, 6.45) is 0.623. The zero-order valence-electron chi connectivity index (χ0n) is 10.4. The van der Waals surface area contributed by atoms with Gasteiger partial charge in [0.25, 0.3) is 0 Å². The van der Waals surface area contributed by atoms with Crippen molar-refractivity contribution in [2.24, 2.45) is 0 Å². The van der Waals surface area contributed by atoms with Crippen molar-refractivity contribution in [3.8, 4) is 6.07 Å². The molecule has 0 N–H and O–H groups in total. The highest BCUT2D eigenvalue weighted by Crippen LogP contribution is 2.17. The van der Waals surface area contributed by atoms with Gasteiger partial charge in [-0.15, -0.1) is 0 Å². The van der Waals surface area contributed by atoms with E-state index in [9.17, 15) is 8.42 Å². The van der Waals surface area contributed by atoms with Crippen LogP contribution in [-0.4, -0.2) is 13.7 Å². The Kier molecular flexibility index (Phi) is 4.30. The second-order valence-electron chi connectivity index (χ2n) is 4.28. The first kappa shape index (κ1) is 13.7. The number of benzene rings is 1. The minimum Gasteiger partial charge on any atom is -0.228 e. The fourth-order valence-corrected chi connectivity index (χ4v) is 3.09. The Balaban J connectivity index is 3.02. The molecule has 0 aliphatic carbocycles. The van der Waals surface area contributed by atoms with Crippen molar-refractivity contribution in [3.05, 3.63) is 34.9 Å². The van der Waals surface area contributed by atoms with Crippen molar-refractivity contribution in [1.82, 2.24) is 0 Å². The van der Waals surface area contributed by atoms with Gasteiger partial charge in [0, 0.05) is 0 Å². The van der Waals surface area contributed by atoms with Crippen molar-refractivity contribution in [2.75, 3.05) is 0 Å². The monoisotopic (exact) mass is 251 g/mol. The molecule has 0 radical (unpaired) electrons. The summed E-state index contributed by atoms with van der Waals surface area (Å²) in [6.45, 7) is 5.43. The molecule has 1 aromatic rings. The van der Waals surface area contributed by atoms with Crippen LogP contribution in [0.4, 0.5) is 0 Å². The summed E-state index contributed by atoms with van der Waals surface area (Å²) >= 11 is 0. The van der Waals surface area contributed by atoms with E-state index in [4.69, 9.17) is 5.26 Å². The molecule has 3 nitrogen and oxygen atoms in total. The van der Waals surface area contributed by atoms with Gasteiger partial charge in [0.05, 0.1) is 22.6 Å². The Morgan fingerprint density at radius 3 is 2.53 bits per heavy atom. The topological polar surface area (TPSA) is 57.9 Å². The molecule has 0 aliphatic heterocycles. The van der Waals surface area contributed by atoms with Crippen LogP contribution >= 0.6 is 0 Å². The molecule has 0 aromatic heterocycles. The summed E-state index contributed by atoms with van der Waals surface area (Å²) in [7, 11) is -3.09. The molecule has 0 saturated carbocycles. The first-order chi connectivity index (χ1) is 7.90. The Bertz CT molecular complexity index is 541. The van der Waals surface area contributed by atoms with Gasteiger partial charge in [-0.2, -0.15) is 5.26 Å². The van der Waals surface area contributed by atoms with Crippen LogP contribution in [0, 0.1) is 18.3 Å². The van der Waals surface area contributed by atoms with E-state index < -0.39 is 9.84 Å². The van der Waals surface area contributed by atoms with Gasteiger partial charge in [0.15, 0.2) is 9.84 Å². The van der Waals surface area contributed by atoms with E-state index in [1.54, 1.807) is 25.1 Å². The van der Waals surface area contributed by atoms with Crippen LogP contribution in [-0.2, 0) is 15.6 Å². The molecule has 4 heteroatoms. The highest BCUT2D eigenvalue weighted by Gasteiger charge is 2.20. The van der Waals surface area contributed by atoms with Crippen LogP contribution in [0.25, 0.3) is 0 Å². The van der Waals surface area contributed by atoms with Gasteiger partial charge in [-0.25, -0.2) is 8.42 Å². The number of hydrogen-bond donors (Lipinski definition) is 0. The maximum atomic E-state index is 12.0. The fourth-order valence-electron chi connectivity index (χ4n) is 1.54.